The quantitative estimate of drug-likeness (QED) is 0.428. The van der Waals surface area contributed by atoms with Gasteiger partial charge in [0, 0.05) is 5.02 Å². The number of carbonyl (C=O) groups is 3. The highest BCUT2D eigenvalue weighted by Crippen LogP contribution is 2.23. The van der Waals surface area contributed by atoms with E-state index in [1.807, 2.05) is 0 Å². The zero-order valence-corrected chi connectivity index (χ0v) is 12.1. The lowest BCUT2D eigenvalue weighted by Crippen LogP contribution is -2.59. The molecule has 0 aliphatic carbocycles. The number of hydrogen-bond acceptors (Lipinski definition) is 5. The second-order valence-electron chi connectivity index (χ2n) is 4.60. The third kappa shape index (κ3) is 2.98. The summed E-state index contributed by atoms with van der Waals surface area (Å²) in [5.41, 5.74) is 2.99. The molecule has 1 aromatic carbocycles. The molecule has 2 rings (SSSR count). The van der Waals surface area contributed by atoms with Gasteiger partial charge in [-0.05, 0) is 24.6 Å². The van der Waals surface area contributed by atoms with Crippen LogP contribution in [0.3, 0.4) is 0 Å². The summed E-state index contributed by atoms with van der Waals surface area (Å²) in [5.74, 6) is 3.92. The number of nitrogens with one attached hydrogen (secondary N) is 2. The summed E-state index contributed by atoms with van der Waals surface area (Å²) in [6, 6.07) is 3.89. The van der Waals surface area contributed by atoms with Crippen molar-refractivity contribution in [1.82, 2.24) is 10.2 Å². The molecule has 1 atom stereocenters. The molecule has 0 spiro atoms. The molecular weight excluding hydrogens is 296 g/mol. The van der Waals surface area contributed by atoms with Crippen LogP contribution in [0.5, 0.6) is 0 Å². The Morgan fingerprint density at radius 1 is 1.52 bits per heavy atom. The average molecular weight is 311 g/mol. The van der Waals surface area contributed by atoms with E-state index in [-0.39, 0.29) is 12.1 Å². The number of benzene rings is 1. The first-order valence-electron chi connectivity index (χ1n) is 6.38. The van der Waals surface area contributed by atoms with Crippen LogP contribution >= 0.6 is 11.6 Å². The summed E-state index contributed by atoms with van der Waals surface area (Å²) in [6.07, 6.45) is 0.400. The summed E-state index contributed by atoms with van der Waals surface area (Å²) >= 11 is 5.90. The van der Waals surface area contributed by atoms with Crippen LogP contribution in [0.4, 0.5) is 5.69 Å². The van der Waals surface area contributed by atoms with Gasteiger partial charge in [-0.2, -0.15) is 0 Å². The van der Waals surface area contributed by atoms with Gasteiger partial charge in [0.25, 0.3) is 5.91 Å². The number of halogens is 1. The molecule has 7 nitrogen and oxygen atoms in total. The fraction of sp³-hybridized carbons (Fsp3) is 0.308. The summed E-state index contributed by atoms with van der Waals surface area (Å²) in [5, 5.41) is 2.58. The van der Waals surface area contributed by atoms with Gasteiger partial charge in [0.05, 0.1) is 11.3 Å². The topological polar surface area (TPSA) is 105 Å². The minimum absolute atomic E-state index is 0.181. The van der Waals surface area contributed by atoms with Crippen LogP contribution in [0.25, 0.3) is 0 Å². The van der Waals surface area contributed by atoms with Crippen molar-refractivity contribution < 1.29 is 14.4 Å². The van der Waals surface area contributed by atoms with Gasteiger partial charge in [-0.3, -0.25) is 25.5 Å². The first-order chi connectivity index (χ1) is 9.97. The minimum atomic E-state index is -0.695. The largest absolute Gasteiger partial charge is 0.323 e. The highest BCUT2D eigenvalue weighted by atomic mass is 35.5. The van der Waals surface area contributed by atoms with E-state index in [4.69, 9.17) is 17.4 Å². The number of hydrazine groups is 1. The van der Waals surface area contributed by atoms with Gasteiger partial charge in [0.2, 0.25) is 11.8 Å². The van der Waals surface area contributed by atoms with E-state index in [9.17, 15) is 14.4 Å². The molecule has 1 saturated heterocycles. The Morgan fingerprint density at radius 2 is 2.24 bits per heavy atom. The van der Waals surface area contributed by atoms with Crippen LogP contribution in [0.1, 0.15) is 23.7 Å². The molecule has 4 N–H and O–H groups in total. The van der Waals surface area contributed by atoms with E-state index in [0.29, 0.717) is 17.1 Å². The van der Waals surface area contributed by atoms with Crippen molar-refractivity contribution in [3.8, 4) is 0 Å². The molecule has 112 valence electrons. The van der Waals surface area contributed by atoms with Crippen molar-refractivity contribution in [3.63, 3.8) is 0 Å². The number of rotatable bonds is 3. The SMILES string of the molecule is CCC1C(=O)NC(=O)CN1C(=O)c1cc(Cl)ccc1NN. The van der Waals surface area contributed by atoms with Gasteiger partial charge in [-0.15, -0.1) is 0 Å². The van der Waals surface area contributed by atoms with E-state index in [2.05, 4.69) is 10.7 Å². The van der Waals surface area contributed by atoms with Crippen molar-refractivity contribution in [2.24, 2.45) is 5.84 Å². The van der Waals surface area contributed by atoms with Crippen molar-refractivity contribution in [3.05, 3.63) is 28.8 Å². The lowest BCUT2D eigenvalue weighted by atomic mass is 10.1. The second kappa shape index (κ2) is 6.11. The predicted octanol–water partition coefficient (Wildman–Crippen LogP) is 0.503. The Kier molecular flexibility index (Phi) is 4.44. The molecule has 1 aliphatic rings. The van der Waals surface area contributed by atoms with Crippen LogP contribution < -0.4 is 16.6 Å². The summed E-state index contributed by atoms with van der Waals surface area (Å²) in [7, 11) is 0. The first kappa shape index (κ1) is 15.3. The van der Waals surface area contributed by atoms with E-state index < -0.39 is 23.8 Å². The summed E-state index contributed by atoms with van der Waals surface area (Å²) in [6.45, 7) is 1.58. The van der Waals surface area contributed by atoms with Crippen LogP contribution in [-0.4, -0.2) is 35.2 Å². The van der Waals surface area contributed by atoms with Crippen molar-refractivity contribution in [2.75, 3.05) is 12.0 Å². The number of anilines is 1. The molecule has 21 heavy (non-hydrogen) atoms. The molecular formula is C13H15ClN4O3. The highest BCUT2D eigenvalue weighted by molar-refractivity contribution is 6.31. The van der Waals surface area contributed by atoms with Gasteiger partial charge in [-0.1, -0.05) is 18.5 Å². The Morgan fingerprint density at radius 3 is 2.86 bits per heavy atom. The maximum absolute atomic E-state index is 12.6. The molecule has 3 amide bonds. The second-order valence-corrected chi connectivity index (χ2v) is 5.04. The fourth-order valence-electron chi connectivity index (χ4n) is 2.26. The van der Waals surface area contributed by atoms with Crippen LogP contribution in [-0.2, 0) is 9.59 Å². The molecule has 0 saturated carbocycles. The highest BCUT2D eigenvalue weighted by Gasteiger charge is 2.36. The Bertz CT molecular complexity index is 605. The van der Waals surface area contributed by atoms with Gasteiger partial charge >= 0.3 is 0 Å². The van der Waals surface area contributed by atoms with E-state index in [1.165, 1.54) is 11.0 Å². The third-order valence-corrected chi connectivity index (χ3v) is 3.51. The van der Waals surface area contributed by atoms with Crippen LogP contribution in [0.2, 0.25) is 5.02 Å². The maximum Gasteiger partial charge on any atom is 0.257 e. The number of piperazine rings is 1. The molecule has 1 aliphatic heterocycles. The van der Waals surface area contributed by atoms with E-state index >= 15 is 0 Å². The Balaban J connectivity index is 2.39. The van der Waals surface area contributed by atoms with Crippen LogP contribution in [0.15, 0.2) is 18.2 Å². The number of nitrogen functional groups attached to an aromatic ring is 1. The minimum Gasteiger partial charge on any atom is -0.323 e. The molecule has 1 unspecified atom stereocenters. The third-order valence-electron chi connectivity index (χ3n) is 3.27. The van der Waals surface area contributed by atoms with Crippen LogP contribution in [0, 0.1) is 0 Å². The number of hydrogen-bond donors (Lipinski definition) is 3. The molecule has 8 heteroatoms. The lowest BCUT2D eigenvalue weighted by Gasteiger charge is -2.33. The Hall–Kier alpha value is -2.12. The normalized spacial score (nSPS) is 18.4. The molecule has 1 fully saturated rings. The van der Waals surface area contributed by atoms with Gasteiger partial charge in [-0.25, -0.2) is 0 Å². The Labute approximate surface area is 126 Å². The first-order valence-corrected chi connectivity index (χ1v) is 6.76. The summed E-state index contributed by atoms with van der Waals surface area (Å²) < 4.78 is 0. The smallest absolute Gasteiger partial charge is 0.257 e. The molecule has 0 bridgehead atoms. The lowest BCUT2D eigenvalue weighted by molar-refractivity contribution is -0.138. The predicted molar refractivity (Wildman–Crippen MR) is 77.5 cm³/mol. The number of carbonyl (C=O) groups excluding carboxylic acids is 3. The molecule has 0 aromatic heterocycles. The van der Waals surface area contributed by atoms with Crippen molar-refractivity contribution >= 4 is 35.0 Å². The molecule has 1 heterocycles. The summed E-state index contributed by atoms with van der Waals surface area (Å²) in [4.78, 5) is 37.2. The number of imide groups is 1. The van der Waals surface area contributed by atoms with E-state index in [1.54, 1.807) is 19.1 Å². The van der Waals surface area contributed by atoms with Gasteiger partial charge < -0.3 is 10.3 Å². The number of nitrogens with two attached hydrogens (primary N) is 1. The van der Waals surface area contributed by atoms with Gasteiger partial charge in [0.15, 0.2) is 0 Å². The molecule has 1 aromatic rings. The number of amides is 3. The zero-order chi connectivity index (χ0) is 15.6. The number of nitrogens with zero attached hydrogens (tertiary/aromatic N) is 1. The zero-order valence-electron chi connectivity index (χ0n) is 11.4. The maximum atomic E-state index is 12.6. The fourth-order valence-corrected chi connectivity index (χ4v) is 2.43. The molecule has 0 radical (unpaired) electrons. The monoisotopic (exact) mass is 310 g/mol. The average Bonchev–Trinajstić information content (AvgIpc) is 2.45. The van der Waals surface area contributed by atoms with Crippen molar-refractivity contribution in [2.45, 2.75) is 19.4 Å². The van der Waals surface area contributed by atoms with Gasteiger partial charge in [0.1, 0.15) is 12.6 Å². The van der Waals surface area contributed by atoms with E-state index in [0.717, 1.165) is 0 Å². The standard InChI is InChI=1S/C13H15ClN4O3/c1-2-10-12(20)16-11(19)6-18(10)13(21)8-5-7(14)3-4-9(8)17-15/h3-5,10,17H,2,6,15H2,1H3,(H,16,19,20). The van der Waals surface area contributed by atoms with Crippen molar-refractivity contribution in [1.29, 1.82) is 0 Å².